The normalized spacial score (nSPS) is 14.4. The number of aliphatic carboxylic acids is 2. The highest BCUT2D eigenvalue weighted by atomic mass is 16.4. The molecule has 0 heterocycles. The van der Waals surface area contributed by atoms with Gasteiger partial charge in [0.25, 0.3) is 0 Å². The molecule has 0 aromatic carbocycles. The Bertz CT molecular complexity index is 686. The summed E-state index contributed by atoms with van der Waals surface area (Å²) in [4.78, 5) is 68.8. The first-order valence-electron chi connectivity index (χ1n) is 9.04. The van der Waals surface area contributed by atoms with Gasteiger partial charge < -0.3 is 47.8 Å². The van der Waals surface area contributed by atoms with Crippen molar-refractivity contribution in [2.75, 3.05) is 13.2 Å². The molecule has 11 N–H and O–H groups in total. The molecule has 4 atom stereocenters. The molecule has 4 amide bonds. The summed E-state index contributed by atoms with van der Waals surface area (Å²) in [6.07, 6.45) is -1.30. The summed E-state index contributed by atoms with van der Waals surface area (Å²) in [6.45, 7) is -1.87. The number of carbonyl (C=O) groups is 6. The highest BCUT2D eigenvalue weighted by Gasteiger charge is 2.30. The minimum Gasteiger partial charge on any atom is -0.481 e. The third kappa shape index (κ3) is 10.9. The number of hydrogen-bond acceptors (Lipinski definition) is 9. The first-order valence-corrected chi connectivity index (χ1v) is 9.04. The van der Waals surface area contributed by atoms with Crippen molar-refractivity contribution in [3.63, 3.8) is 0 Å². The number of carboxylic acid groups (broad SMARTS) is 2. The molecular formula is C16H27N5O10. The average molecular weight is 449 g/mol. The summed E-state index contributed by atoms with van der Waals surface area (Å²) in [5.41, 5.74) is 10.5. The molecule has 0 saturated carbocycles. The fourth-order valence-electron chi connectivity index (χ4n) is 2.17. The van der Waals surface area contributed by atoms with Crippen LogP contribution in [0.3, 0.4) is 0 Å². The summed E-state index contributed by atoms with van der Waals surface area (Å²) in [5.74, 6) is -6.62. The van der Waals surface area contributed by atoms with Crippen LogP contribution < -0.4 is 27.4 Å². The van der Waals surface area contributed by atoms with Gasteiger partial charge in [-0.25, -0.2) is 4.79 Å². The van der Waals surface area contributed by atoms with Crippen LogP contribution in [0.1, 0.15) is 25.7 Å². The zero-order valence-electron chi connectivity index (χ0n) is 16.4. The van der Waals surface area contributed by atoms with E-state index in [0.29, 0.717) is 0 Å². The molecule has 0 fully saturated rings. The van der Waals surface area contributed by atoms with Crippen molar-refractivity contribution in [3.8, 4) is 0 Å². The smallest absolute Gasteiger partial charge is 0.326 e. The van der Waals surface area contributed by atoms with E-state index in [0.717, 1.165) is 0 Å². The highest BCUT2D eigenvalue weighted by molar-refractivity contribution is 5.94. The summed E-state index contributed by atoms with van der Waals surface area (Å²) in [7, 11) is 0. The maximum atomic E-state index is 12.2. The fourth-order valence-corrected chi connectivity index (χ4v) is 2.17. The van der Waals surface area contributed by atoms with Crippen LogP contribution >= 0.6 is 0 Å². The molecule has 0 aromatic rings. The first kappa shape index (κ1) is 27.7. The lowest BCUT2D eigenvalue weighted by molar-refractivity contribution is -0.143. The van der Waals surface area contributed by atoms with Gasteiger partial charge in [0.15, 0.2) is 0 Å². The second-order valence-electron chi connectivity index (χ2n) is 6.43. The Hall–Kier alpha value is -3.30. The van der Waals surface area contributed by atoms with Gasteiger partial charge in [-0.1, -0.05) is 0 Å². The number of nitrogens with one attached hydrogen (secondary N) is 3. The average Bonchev–Trinajstić information content (AvgIpc) is 2.70. The van der Waals surface area contributed by atoms with E-state index in [1.165, 1.54) is 0 Å². The Morgan fingerprint density at radius 1 is 0.710 bits per heavy atom. The van der Waals surface area contributed by atoms with Crippen molar-refractivity contribution in [1.82, 2.24) is 16.0 Å². The molecule has 15 heteroatoms. The Kier molecular flexibility index (Phi) is 12.4. The monoisotopic (exact) mass is 449 g/mol. The molecule has 0 saturated heterocycles. The molecular weight excluding hydrogens is 422 g/mol. The molecule has 0 aliphatic heterocycles. The Labute approximate surface area is 176 Å². The van der Waals surface area contributed by atoms with Gasteiger partial charge in [0.1, 0.15) is 18.1 Å². The molecule has 0 aromatic heterocycles. The number of aliphatic hydroxyl groups is 2. The third-order valence-corrected chi connectivity index (χ3v) is 3.93. The zero-order chi connectivity index (χ0) is 24.1. The van der Waals surface area contributed by atoms with E-state index < -0.39 is 85.8 Å². The molecule has 0 bridgehead atoms. The number of aliphatic hydroxyl groups excluding tert-OH is 2. The molecule has 0 spiro atoms. The number of amides is 4. The van der Waals surface area contributed by atoms with E-state index in [1.54, 1.807) is 0 Å². The maximum absolute atomic E-state index is 12.2. The van der Waals surface area contributed by atoms with Gasteiger partial charge in [-0.15, -0.1) is 0 Å². The van der Waals surface area contributed by atoms with E-state index in [1.807, 2.05) is 10.6 Å². The third-order valence-electron chi connectivity index (χ3n) is 3.93. The maximum Gasteiger partial charge on any atom is 0.326 e. The second-order valence-corrected chi connectivity index (χ2v) is 6.43. The van der Waals surface area contributed by atoms with E-state index in [9.17, 15) is 39.0 Å². The van der Waals surface area contributed by atoms with Crippen molar-refractivity contribution in [3.05, 3.63) is 0 Å². The summed E-state index contributed by atoms with van der Waals surface area (Å²) in [5, 5.41) is 42.4. The molecule has 0 aliphatic rings. The highest BCUT2D eigenvalue weighted by Crippen LogP contribution is 2.00. The van der Waals surface area contributed by atoms with Crippen LogP contribution in [-0.2, 0) is 28.8 Å². The predicted molar refractivity (Wildman–Crippen MR) is 101 cm³/mol. The Morgan fingerprint density at radius 2 is 1.16 bits per heavy atom. The number of nitrogens with two attached hydrogens (primary N) is 2. The predicted octanol–water partition coefficient (Wildman–Crippen LogP) is -5.03. The van der Waals surface area contributed by atoms with Crippen molar-refractivity contribution in [2.45, 2.75) is 49.9 Å². The van der Waals surface area contributed by atoms with Gasteiger partial charge >= 0.3 is 11.9 Å². The van der Waals surface area contributed by atoms with Crippen LogP contribution in [0.2, 0.25) is 0 Å². The number of primary amides is 1. The van der Waals surface area contributed by atoms with Gasteiger partial charge in [0.2, 0.25) is 23.6 Å². The molecule has 176 valence electrons. The van der Waals surface area contributed by atoms with Gasteiger partial charge in [-0.2, -0.15) is 0 Å². The molecule has 0 rings (SSSR count). The summed E-state index contributed by atoms with van der Waals surface area (Å²) >= 11 is 0. The number of carbonyl (C=O) groups excluding carboxylic acids is 4. The lowest BCUT2D eigenvalue weighted by Gasteiger charge is -2.23. The van der Waals surface area contributed by atoms with E-state index in [2.05, 4.69) is 5.32 Å². The van der Waals surface area contributed by atoms with Crippen LogP contribution in [0.15, 0.2) is 0 Å². The lowest BCUT2D eigenvalue weighted by atomic mass is 10.1. The number of rotatable bonds is 15. The van der Waals surface area contributed by atoms with E-state index in [-0.39, 0.29) is 12.8 Å². The van der Waals surface area contributed by atoms with Crippen LogP contribution in [0.5, 0.6) is 0 Å². The summed E-state index contributed by atoms with van der Waals surface area (Å²) < 4.78 is 0. The van der Waals surface area contributed by atoms with Gasteiger partial charge in [-0.05, 0) is 12.8 Å². The minimum absolute atomic E-state index is 0.116. The van der Waals surface area contributed by atoms with Crippen molar-refractivity contribution >= 4 is 35.6 Å². The van der Waals surface area contributed by atoms with Crippen LogP contribution in [0.25, 0.3) is 0 Å². The van der Waals surface area contributed by atoms with Gasteiger partial charge in [-0.3, -0.25) is 24.0 Å². The standard InChI is InChI=1S/C16H27N5O10/c17-7(1-3-11(18)24)13(27)20-9(5-22)15(29)21-10(6-23)14(28)19-8(16(30)31)2-4-12(25)26/h7-10,22-23H,1-6,17H2,(H2,18,24)(H,19,28)(H,20,27)(H,21,29)(H,25,26)(H,30,31). The van der Waals surface area contributed by atoms with Crippen molar-refractivity contribution in [1.29, 1.82) is 0 Å². The van der Waals surface area contributed by atoms with Crippen molar-refractivity contribution in [2.24, 2.45) is 11.5 Å². The van der Waals surface area contributed by atoms with Crippen LogP contribution in [-0.4, -0.2) is 93.4 Å². The fraction of sp³-hybridized carbons (Fsp3) is 0.625. The molecule has 4 unspecified atom stereocenters. The van der Waals surface area contributed by atoms with E-state index in [4.69, 9.17) is 21.7 Å². The van der Waals surface area contributed by atoms with Gasteiger partial charge in [0, 0.05) is 12.8 Å². The molecule has 31 heavy (non-hydrogen) atoms. The largest absolute Gasteiger partial charge is 0.481 e. The Morgan fingerprint density at radius 3 is 1.55 bits per heavy atom. The topological polar surface area (TPSA) is 271 Å². The van der Waals surface area contributed by atoms with Crippen molar-refractivity contribution < 1.29 is 49.2 Å². The SMILES string of the molecule is NC(=O)CCC(N)C(=O)NC(CO)C(=O)NC(CO)C(=O)NC(CCC(=O)O)C(=O)O. The van der Waals surface area contributed by atoms with Gasteiger partial charge in [0.05, 0.1) is 19.3 Å². The van der Waals surface area contributed by atoms with Crippen LogP contribution in [0.4, 0.5) is 0 Å². The first-order chi connectivity index (χ1) is 14.4. The lowest BCUT2D eigenvalue weighted by Crippen LogP contribution is -2.59. The molecule has 15 nitrogen and oxygen atoms in total. The van der Waals surface area contributed by atoms with Crippen LogP contribution in [0, 0.1) is 0 Å². The quantitative estimate of drug-likeness (QED) is 0.114. The van der Waals surface area contributed by atoms with E-state index >= 15 is 0 Å². The Balaban J connectivity index is 4.97. The number of carboxylic acids is 2. The summed E-state index contributed by atoms with van der Waals surface area (Å²) in [6, 6.07) is -6.03. The second kappa shape index (κ2) is 13.8. The number of hydrogen-bond donors (Lipinski definition) is 9. The molecule has 0 aliphatic carbocycles. The zero-order valence-corrected chi connectivity index (χ0v) is 16.4. The minimum atomic E-state index is -1.66. The molecule has 0 radical (unpaired) electrons.